The number of hydrogen-bond acceptors (Lipinski definition) is 4. The molecule has 1 aromatic rings. The van der Waals surface area contributed by atoms with Gasteiger partial charge in [-0.15, -0.1) is 0 Å². The minimum atomic E-state index is -0.399. The maximum Gasteiger partial charge on any atom is 0.272 e. The molecule has 2 rings (SSSR count). The van der Waals surface area contributed by atoms with Crippen LogP contribution in [0.5, 0.6) is 0 Å². The lowest BCUT2D eigenvalue weighted by Gasteiger charge is -2.15. The fourth-order valence-corrected chi connectivity index (χ4v) is 2.53. The summed E-state index contributed by atoms with van der Waals surface area (Å²) in [7, 11) is 0. The largest absolute Gasteiger partial charge is 0.352 e. The van der Waals surface area contributed by atoms with E-state index in [1.165, 1.54) is 6.07 Å². The predicted octanol–water partition coefficient (Wildman–Crippen LogP) is 1.37. The Labute approximate surface area is 117 Å². The summed E-state index contributed by atoms with van der Waals surface area (Å²) in [6.45, 7) is 5.63. The molecule has 108 valence electrons. The number of benzene rings is 1. The maximum absolute atomic E-state index is 12.1. The van der Waals surface area contributed by atoms with Gasteiger partial charge in [0.05, 0.1) is 10.8 Å². The lowest BCUT2D eigenvalue weighted by Crippen LogP contribution is -2.34. The van der Waals surface area contributed by atoms with Crippen molar-refractivity contribution in [3.63, 3.8) is 0 Å². The first-order valence-corrected chi connectivity index (χ1v) is 6.72. The first-order chi connectivity index (χ1) is 9.50. The van der Waals surface area contributed by atoms with E-state index in [9.17, 15) is 14.9 Å². The van der Waals surface area contributed by atoms with Gasteiger partial charge in [-0.1, -0.05) is 19.1 Å². The van der Waals surface area contributed by atoms with Crippen LogP contribution in [0.2, 0.25) is 0 Å². The molecule has 6 nitrogen and oxygen atoms in total. The minimum Gasteiger partial charge on any atom is -0.352 e. The normalized spacial score (nSPS) is 21.7. The number of nitrogens with one attached hydrogen (secondary N) is 2. The number of hydrogen-bond donors (Lipinski definition) is 2. The predicted molar refractivity (Wildman–Crippen MR) is 75.2 cm³/mol. The quantitative estimate of drug-likeness (QED) is 0.643. The molecule has 2 unspecified atom stereocenters. The molecule has 20 heavy (non-hydrogen) atoms. The molecule has 1 fully saturated rings. The topological polar surface area (TPSA) is 84.3 Å². The second-order valence-electron chi connectivity index (χ2n) is 5.28. The SMILES string of the molecule is Cc1c(CNC(=O)C2CNCC2C)cccc1[N+](=O)[O-]. The van der Waals surface area contributed by atoms with Crippen molar-refractivity contribution in [3.05, 3.63) is 39.4 Å². The highest BCUT2D eigenvalue weighted by molar-refractivity contribution is 5.79. The van der Waals surface area contributed by atoms with Crippen LogP contribution >= 0.6 is 0 Å². The molecule has 2 N–H and O–H groups in total. The van der Waals surface area contributed by atoms with Crippen molar-refractivity contribution in [1.29, 1.82) is 0 Å². The van der Waals surface area contributed by atoms with Crippen LogP contribution in [0.15, 0.2) is 18.2 Å². The van der Waals surface area contributed by atoms with Crippen molar-refractivity contribution in [1.82, 2.24) is 10.6 Å². The molecule has 0 aliphatic carbocycles. The van der Waals surface area contributed by atoms with Crippen molar-refractivity contribution < 1.29 is 9.72 Å². The molecular formula is C14H19N3O3. The average Bonchev–Trinajstić information content (AvgIpc) is 2.83. The summed E-state index contributed by atoms with van der Waals surface area (Å²) in [6, 6.07) is 4.93. The van der Waals surface area contributed by atoms with E-state index in [0.29, 0.717) is 24.6 Å². The number of carbonyl (C=O) groups is 1. The Morgan fingerprint density at radius 1 is 1.50 bits per heavy atom. The van der Waals surface area contributed by atoms with E-state index in [0.717, 1.165) is 12.1 Å². The number of nitro groups is 1. The highest BCUT2D eigenvalue weighted by atomic mass is 16.6. The summed E-state index contributed by atoms with van der Waals surface area (Å²) in [5, 5.41) is 16.9. The third-order valence-electron chi connectivity index (χ3n) is 3.92. The van der Waals surface area contributed by atoms with Crippen LogP contribution < -0.4 is 10.6 Å². The monoisotopic (exact) mass is 277 g/mol. The number of nitro benzene ring substituents is 1. The highest BCUT2D eigenvalue weighted by Gasteiger charge is 2.29. The van der Waals surface area contributed by atoms with Crippen molar-refractivity contribution in [3.8, 4) is 0 Å². The van der Waals surface area contributed by atoms with Gasteiger partial charge in [0.2, 0.25) is 5.91 Å². The molecule has 1 aliphatic rings. The Balaban J connectivity index is 2.02. The zero-order valence-corrected chi connectivity index (χ0v) is 11.7. The summed E-state index contributed by atoms with van der Waals surface area (Å²) in [5.41, 5.74) is 1.48. The van der Waals surface area contributed by atoms with Gasteiger partial charge in [0.25, 0.3) is 5.69 Å². The number of carbonyl (C=O) groups excluding carboxylic acids is 1. The van der Waals surface area contributed by atoms with Gasteiger partial charge < -0.3 is 10.6 Å². The molecule has 6 heteroatoms. The summed E-state index contributed by atoms with van der Waals surface area (Å²) >= 11 is 0. The Bertz CT molecular complexity index is 530. The Hall–Kier alpha value is -1.95. The van der Waals surface area contributed by atoms with E-state index in [4.69, 9.17) is 0 Å². The molecule has 1 heterocycles. The van der Waals surface area contributed by atoms with E-state index in [2.05, 4.69) is 10.6 Å². The van der Waals surface area contributed by atoms with Gasteiger partial charge in [-0.2, -0.15) is 0 Å². The minimum absolute atomic E-state index is 0.00778. The van der Waals surface area contributed by atoms with Crippen LogP contribution in [0.4, 0.5) is 5.69 Å². The second-order valence-corrected chi connectivity index (χ2v) is 5.28. The van der Waals surface area contributed by atoms with Crippen molar-refractivity contribution in [2.24, 2.45) is 11.8 Å². The van der Waals surface area contributed by atoms with Gasteiger partial charge in [-0.3, -0.25) is 14.9 Å². The summed E-state index contributed by atoms with van der Waals surface area (Å²) in [5.74, 6) is 0.309. The fourth-order valence-electron chi connectivity index (χ4n) is 2.53. The van der Waals surface area contributed by atoms with Gasteiger partial charge in [0.15, 0.2) is 0 Å². The average molecular weight is 277 g/mol. The van der Waals surface area contributed by atoms with Crippen LogP contribution in [0.25, 0.3) is 0 Å². The molecule has 0 spiro atoms. The molecule has 1 saturated heterocycles. The first-order valence-electron chi connectivity index (χ1n) is 6.72. The van der Waals surface area contributed by atoms with Crippen LogP contribution in [0.3, 0.4) is 0 Å². The lowest BCUT2D eigenvalue weighted by molar-refractivity contribution is -0.385. The summed E-state index contributed by atoms with van der Waals surface area (Å²) < 4.78 is 0. The van der Waals surface area contributed by atoms with Gasteiger partial charge in [0, 0.05) is 24.7 Å². The third-order valence-corrected chi connectivity index (χ3v) is 3.92. The number of nitrogens with zero attached hydrogens (tertiary/aromatic N) is 1. The molecule has 0 radical (unpaired) electrons. The fraction of sp³-hybridized carbons (Fsp3) is 0.500. The molecule has 0 saturated carbocycles. The third kappa shape index (κ3) is 2.96. The van der Waals surface area contributed by atoms with Crippen molar-refractivity contribution in [2.75, 3.05) is 13.1 Å². The zero-order valence-electron chi connectivity index (χ0n) is 11.7. The van der Waals surface area contributed by atoms with Crippen LogP contribution in [0.1, 0.15) is 18.1 Å². The van der Waals surface area contributed by atoms with E-state index in [1.54, 1.807) is 19.1 Å². The first kappa shape index (κ1) is 14.5. The summed E-state index contributed by atoms with van der Waals surface area (Å²) in [6.07, 6.45) is 0. The van der Waals surface area contributed by atoms with E-state index < -0.39 is 4.92 Å². The standard InChI is InChI=1S/C14H19N3O3/c1-9-6-15-8-12(9)14(18)16-7-11-4-3-5-13(10(11)2)17(19)20/h3-5,9,12,15H,6-8H2,1-2H3,(H,16,18). The van der Waals surface area contributed by atoms with E-state index in [1.807, 2.05) is 6.92 Å². The van der Waals surface area contributed by atoms with E-state index >= 15 is 0 Å². The molecule has 1 aliphatic heterocycles. The van der Waals surface area contributed by atoms with Gasteiger partial charge in [0.1, 0.15) is 0 Å². The number of amides is 1. The molecule has 1 aromatic carbocycles. The molecule has 1 amide bonds. The van der Waals surface area contributed by atoms with Crippen LogP contribution in [0, 0.1) is 28.9 Å². The Morgan fingerprint density at radius 2 is 2.25 bits per heavy atom. The van der Waals surface area contributed by atoms with Crippen molar-refractivity contribution >= 4 is 11.6 Å². The second kappa shape index (κ2) is 6.00. The molecule has 0 bridgehead atoms. The molecule has 0 aromatic heterocycles. The summed E-state index contributed by atoms with van der Waals surface area (Å²) in [4.78, 5) is 22.5. The van der Waals surface area contributed by atoms with Crippen molar-refractivity contribution in [2.45, 2.75) is 20.4 Å². The maximum atomic E-state index is 12.1. The Kier molecular flexibility index (Phi) is 4.34. The van der Waals surface area contributed by atoms with Gasteiger partial charge in [-0.25, -0.2) is 0 Å². The van der Waals surface area contributed by atoms with Crippen LogP contribution in [-0.4, -0.2) is 23.9 Å². The smallest absolute Gasteiger partial charge is 0.272 e. The highest BCUT2D eigenvalue weighted by Crippen LogP contribution is 2.21. The molecular weight excluding hydrogens is 258 g/mol. The van der Waals surface area contributed by atoms with Crippen LogP contribution in [-0.2, 0) is 11.3 Å². The molecule has 2 atom stereocenters. The Morgan fingerprint density at radius 3 is 2.85 bits per heavy atom. The number of rotatable bonds is 4. The zero-order chi connectivity index (χ0) is 14.7. The lowest BCUT2D eigenvalue weighted by atomic mass is 9.97. The van der Waals surface area contributed by atoms with E-state index in [-0.39, 0.29) is 17.5 Å². The van der Waals surface area contributed by atoms with Gasteiger partial charge >= 0.3 is 0 Å². The van der Waals surface area contributed by atoms with Gasteiger partial charge in [-0.05, 0) is 24.9 Å².